The predicted molar refractivity (Wildman–Crippen MR) is 106 cm³/mol. The van der Waals surface area contributed by atoms with Gasteiger partial charge in [-0.25, -0.2) is 0 Å². The molecule has 0 unspecified atom stereocenters. The van der Waals surface area contributed by atoms with Crippen molar-refractivity contribution in [2.45, 2.75) is 25.7 Å². The molecule has 3 rings (SSSR count). The molecular weight excluding hydrogens is 340 g/mol. The van der Waals surface area contributed by atoms with Crippen molar-refractivity contribution < 1.29 is 14.3 Å². The minimum absolute atomic E-state index is 0.00982. The molecule has 0 aliphatic carbocycles. The first-order valence-corrected chi connectivity index (χ1v) is 9.43. The lowest BCUT2D eigenvalue weighted by Gasteiger charge is -2.17. The molecule has 1 fully saturated rings. The zero-order valence-corrected chi connectivity index (χ0v) is 15.7. The molecule has 0 radical (unpaired) electrons. The van der Waals surface area contributed by atoms with Gasteiger partial charge in [0.1, 0.15) is 5.75 Å². The fraction of sp³-hybridized carbons (Fsp3) is 0.364. The molecule has 1 aliphatic heterocycles. The maximum absolute atomic E-state index is 12.4. The van der Waals surface area contributed by atoms with Crippen LogP contribution < -0.4 is 15.0 Å². The average molecular weight is 366 g/mol. The van der Waals surface area contributed by atoms with Crippen molar-refractivity contribution in [2.24, 2.45) is 5.92 Å². The maximum atomic E-state index is 12.4. The number of benzene rings is 2. The molecule has 0 saturated carbocycles. The molecule has 1 atom stereocenters. The summed E-state index contributed by atoms with van der Waals surface area (Å²) in [6, 6.07) is 17.7. The second-order valence-corrected chi connectivity index (χ2v) is 6.84. The number of anilines is 1. The Hall–Kier alpha value is -2.82. The zero-order valence-electron chi connectivity index (χ0n) is 15.7. The van der Waals surface area contributed by atoms with Crippen molar-refractivity contribution in [3.8, 4) is 5.75 Å². The van der Waals surface area contributed by atoms with E-state index in [4.69, 9.17) is 4.74 Å². The third kappa shape index (κ3) is 5.09. The highest BCUT2D eigenvalue weighted by Crippen LogP contribution is 2.26. The van der Waals surface area contributed by atoms with Crippen LogP contribution in [0.1, 0.15) is 24.8 Å². The molecule has 5 nitrogen and oxygen atoms in total. The highest BCUT2D eigenvalue weighted by Gasteiger charge is 2.34. The van der Waals surface area contributed by atoms with Crippen LogP contribution in [0.25, 0.3) is 0 Å². The number of aryl methyl sites for hydroxylation is 1. The topological polar surface area (TPSA) is 58.6 Å². The fourth-order valence-electron chi connectivity index (χ4n) is 3.35. The molecule has 2 aromatic rings. The Labute approximate surface area is 160 Å². The van der Waals surface area contributed by atoms with Gasteiger partial charge in [-0.1, -0.05) is 30.3 Å². The minimum atomic E-state index is -0.284. The monoisotopic (exact) mass is 366 g/mol. The van der Waals surface area contributed by atoms with Crippen LogP contribution in [0.2, 0.25) is 0 Å². The standard InChI is InChI=1S/C22H26N2O3/c1-27-20-12-10-19(11-13-20)24-16-18(15-21(24)25)22(26)23-14-6-5-9-17-7-3-2-4-8-17/h2-4,7-8,10-13,18H,5-6,9,14-16H2,1H3,(H,23,26)/t18-/m0/s1. The summed E-state index contributed by atoms with van der Waals surface area (Å²) in [6.45, 7) is 1.08. The van der Waals surface area contributed by atoms with E-state index in [0.717, 1.165) is 30.7 Å². The van der Waals surface area contributed by atoms with Crippen LogP contribution in [-0.2, 0) is 16.0 Å². The third-order valence-electron chi connectivity index (χ3n) is 4.91. The first kappa shape index (κ1) is 19.0. The molecule has 0 aromatic heterocycles. The molecule has 142 valence electrons. The summed E-state index contributed by atoms with van der Waals surface area (Å²) < 4.78 is 5.14. The van der Waals surface area contributed by atoms with E-state index in [1.165, 1.54) is 5.56 Å². The van der Waals surface area contributed by atoms with Gasteiger partial charge in [0.05, 0.1) is 13.0 Å². The van der Waals surface area contributed by atoms with Crippen molar-refractivity contribution >= 4 is 17.5 Å². The number of rotatable bonds is 8. The predicted octanol–water partition coefficient (Wildman–Crippen LogP) is 3.19. The normalized spacial score (nSPS) is 16.4. The van der Waals surface area contributed by atoms with E-state index in [1.54, 1.807) is 12.0 Å². The Morgan fingerprint density at radius 1 is 1.11 bits per heavy atom. The van der Waals surface area contributed by atoms with Crippen molar-refractivity contribution in [3.63, 3.8) is 0 Å². The number of hydrogen-bond donors (Lipinski definition) is 1. The Balaban J connectivity index is 1.42. The van der Waals surface area contributed by atoms with Crippen LogP contribution in [0.15, 0.2) is 54.6 Å². The lowest BCUT2D eigenvalue weighted by atomic mass is 10.1. The third-order valence-corrected chi connectivity index (χ3v) is 4.91. The number of methoxy groups -OCH3 is 1. The Morgan fingerprint density at radius 3 is 2.56 bits per heavy atom. The van der Waals surface area contributed by atoms with Crippen LogP contribution in [0.3, 0.4) is 0 Å². The number of nitrogens with zero attached hydrogens (tertiary/aromatic N) is 1. The van der Waals surface area contributed by atoms with Gasteiger partial charge < -0.3 is 15.0 Å². The molecule has 0 bridgehead atoms. The van der Waals surface area contributed by atoms with Crippen LogP contribution >= 0.6 is 0 Å². The average Bonchev–Trinajstić information content (AvgIpc) is 3.10. The largest absolute Gasteiger partial charge is 0.497 e. The van der Waals surface area contributed by atoms with Gasteiger partial charge in [-0.2, -0.15) is 0 Å². The lowest BCUT2D eigenvalue weighted by Crippen LogP contribution is -2.33. The summed E-state index contributed by atoms with van der Waals surface area (Å²) >= 11 is 0. The molecular formula is C22H26N2O3. The van der Waals surface area contributed by atoms with Crippen LogP contribution in [0, 0.1) is 5.92 Å². The van der Waals surface area contributed by atoms with E-state index in [2.05, 4.69) is 17.4 Å². The smallest absolute Gasteiger partial charge is 0.227 e. The van der Waals surface area contributed by atoms with Gasteiger partial charge in [-0.05, 0) is 49.1 Å². The molecule has 1 aliphatic rings. The quantitative estimate of drug-likeness (QED) is 0.730. The molecule has 1 saturated heterocycles. The summed E-state index contributed by atoms with van der Waals surface area (Å²) in [7, 11) is 1.61. The molecule has 1 N–H and O–H groups in total. The number of carbonyl (C=O) groups is 2. The van der Waals surface area contributed by atoms with Gasteiger partial charge in [0, 0.05) is 25.2 Å². The van der Waals surface area contributed by atoms with E-state index < -0.39 is 0 Å². The van der Waals surface area contributed by atoms with E-state index in [9.17, 15) is 9.59 Å². The number of ether oxygens (including phenoxy) is 1. The van der Waals surface area contributed by atoms with E-state index in [0.29, 0.717) is 13.1 Å². The second kappa shape index (κ2) is 9.21. The summed E-state index contributed by atoms with van der Waals surface area (Å²) in [5, 5.41) is 2.98. The van der Waals surface area contributed by atoms with E-state index >= 15 is 0 Å². The highest BCUT2D eigenvalue weighted by atomic mass is 16.5. The van der Waals surface area contributed by atoms with Gasteiger partial charge in [-0.15, -0.1) is 0 Å². The Morgan fingerprint density at radius 2 is 1.85 bits per heavy atom. The van der Waals surface area contributed by atoms with Crippen LogP contribution in [0.5, 0.6) is 5.75 Å². The summed E-state index contributed by atoms with van der Waals surface area (Å²) in [5.74, 6) is 0.424. The molecule has 2 amide bonds. The first-order valence-electron chi connectivity index (χ1n) is 9.43. The summed E-state index contributed by atoms with van der Waals surface area (Å²) in [5.41, 5.74) is 2.12. The number of hydrogen-bond acceptors (Lipinski definition) is 3. The van der Waals surface area contributed by atoms with Gasteiger partial charge in [-0.3, -0.25) is 9.59 Å². The zero-order chi connectivity index (χ0) is 19.1. The first-order chi connectivity index (χ1) is 13.2. The number of amides is 2. The number of nitrogens with one attached hydrogen (secondary N) is 1. The number of carbonyl (C=O) groups excluding carboxylic acids is 2. The van der Waals surface area contributed by atoms with Crippen LogP contribution in [-0.4, -0.2) is 32.0 Å². The van der Waals surface area contributed by atoms with Crippen LogP contribution in [0.4, 0.5) is 5.69 Å². The van der Waals surface area contributed by atoms with Crippen molar-refractivity contribution in [3.05, 3.63) is 60.2 Å². The summed E-state index contributed by atoms with van der Waals surface area (Å²) in [6.07, 6.45) is 3.25. The van der Waals surface area contributed by atoms with Gasteiger partial charge in [0.2, 0.25) is 11.8 Å². The Kier molecular flexibility index (Phi) is 6.47. The Bertz CT molecular complexity index is 759. The highest BCUT2D eigenvalue weighted by molar-refractivity contribution is 6.00. The van der Waals surface area contributed by atoms with Gasteiger partial charge >= 0.3 is 0 Å². The van der Waals surface area contributed by atoms with Crippen molar-refractivity contribution in [1.82, 2.24) is 5.32 Å². The molecule has 0 spiro atoms. The lowest BCUT2D eigenvalue weighted by molar-refractivity contribution is -0.126. The molecule has 2 aromatic carbocycles. The SMILES string of the molecule is COc1ccc(N2C[C@@H](C(=O)NCCCCc3ccccc3)CC2=O)cc1. The molecule has 5 heteroatoms. The van der Waals surface area contributed by atoms with Crippen molar-refractivity contribution in [1.29, 1.82) is 0 Å². The van der Waals surface area contributed by atoms with Crippen molar-refractivity contribution in [2.75, 3.05) is 25.1 Å². The minimum Gasteiger partial charge on any atom is -0.497 e. The molecule has 1 heterocycles. The second-order valence-electron chi connectivity index (χ2n) is 6.84. The maximum Gasteiger partial charge on any atom is 0.227 e. The van der Waals surface area contributed by atoms with Gasteiger partial charge in [0.25, 0.3) is 0 Å². The van der Waals surface area contributed by atoms with E-state index in [1.807, 2.05) is 42.5 Å². The van der Waals surface area contributed by atoms with Gasteiger partial charge in [0.15, 0.2) is 0 Å². The molecule has 27 heavy (non-hydrogen) atoms. The van der Waals surface area contributed by atoms with E-state index in [-0.39, 0.29) is 24.2 Å². The number of unbranched alkanes of at least 4 members (excludes halogenated alkanes) is 1. The summed E-state index contributed by atoms with van der Waals surface area (Å²) in [4.78, 5) is 26.4. The fourth-order valence-corrected chi connectivity index (χ4v) is 3.35.